The summed E-state index contributed by atoms with van der Waals surface area (Å²) in [4.78, 5) is 25.1. The molecule has 2 N–H and O–H groups in total. The zero-order valence-electron chi connectivity index (χ0n) is 18.5. The van der Waals surface area contributed by atoms with Gasteiger partial charge in [-0.25, -0.2) is 4.98 Å². The van der Waals surface area contributed by atoms with Gasteiger partial charge in [0.2, 0.25) is 11.9 Å². The summed E-state index contributed by atoms with van der Waals surface area (Å²) in [5.41, 5.74) is 3.11. The SMILES string of the molecule is Cc1nn(C2CCN(C)C2)cc1Nc1ncc(C2CC2)c(NCCCN2CCC2=O)n1. The number of carbonyl (C=O) groups excluding carboxylic acids is 1. The molecule has 1 aliphatic carbocycles. The Hall–Kier alpha value is -2.68. The number of anilines is 3. The van der Waals surface area contributed by atoms with Gasteiger partial charge in [-0.1, -0.05) is 0 Å². The lowest BCUT2D eigenvalue weighted by molar-refractivity contribution is -0.139. The van der Waals surface area contributed by atoms with Crippen molar-refractivity contribution >= 4 is 23.4 Å². The Bertz CT molecular complexity index is 953. The molecular weight excluding hydrogens is 392 g/mol. The molecule has 2 aromatic heterocycles. The lowest BCUT2D eigenvalue weighted by Crippen LogP contribution is -2.44. The van der Waals surface area contributed by atoms with Crippen molar-refractivity contribution < 1.29 is 4.79 Å². The fourth-order valence-corrected chi connectivity index (χ4v) is 4.40. The van der Waals surface area contributed by atoms with E-state index in [0.717, 1.165) is 62.8 Å². The molecule has 5 rings (SSSR count). The molecule has 1 atom stereocenters. The molecule has 3 fully saturated rings. The summed E-state index contributed by atoms with van der Waals surface area (Å²) in [6, 6.07) is 0.424. The third-order valence-corrected chi connectivity index (χ3v) is 6.58. The highest BCUT2D eigenvalue weighted by Crippen LogP contribution is 2.42. The Morgan fingerprint density at radius 1 is 1.23 bits per heavy atom. The monoisotopic (exact) mass is 424 g/mol. The van der Waals surface area contributed by atoms with E-state index in [9.17, 15) is 4.79 Å². The molecule has 0 aromatic carbocycles. The number of amides is 1. The van der Waals surface area contributed by atoms with Gasteiger partial charge in [0.25, 0.3) is 0 Å². The molecule has 0 spiro atoms. The van der Waals surface area contributed by atoms with Crippen molar-refractivity contribution in [2.75, 3.05) is 50.4 Å². The van der Waals surface area contributed by atoms with Gasteiger partial charge in [-0.05, 0) is 52.1 Å². The van der Waals surface area contributed by atoms with E-state index < -0.39 is 0 Å². The van der Waals surface area contributed by atoms with Gasteiger partial charge >= 0.3 is 0 Å². The minimum absolute atomic E-state index is 0.271. The summed E-state index contributed by atoms with van der Waals surface area (Å²) in [6.45, 7) is 6.68. The van der Waals surface area contributed by atoms with E-state index in [1.165, 1.54) is 18.4 Å². The second-order valence-electron chi connectivity index (χ2n) is 9.12. The van der Waals surface area contributed by atoms with Crippen molar-refractivity contribution in [1.82, 2.24) is 29.5 Å². The summed E-state index contributed by atoms with van der Waals surface area (Å²) in [7, 11) is 2.15. The smallest absolute Gasteiger partial charge is 0.229 e. The van der Waals surface area contributed by atoms with Crippen LogP contribution in [0.5, 0.6) is 0 Å². The lowest BCUT2D eigenvalue weighted by atomic mass is 10.2. The number of hydrogen-bond donors (Lipinski definition) is 2. The number of aromatic nitrogens is 4. The molecule has 166 valence electrons. The molecule has 9 heteroatoms. The molecular formula is C22H32N8O. The van der Waals surface area contributed by atoms with Gasteiger partial charge in [0.05, 0.1) is 17.4 Å². The topological polar surface area (TPSA) is 91.2 Å². The largest absolute Gasteiger partial charge is 0.370 e. The Balaban J connectivity index is 1.24. The van der Waals surface area contributed by atoms with Crippen molar-refractivity contribution in [3.63, 3.8) is 0 Å². The Labute approximate surface area is 183 Å². The number of nitrogens with one attached hydrogen (secondary N) is 2. The molecule has 1 unspecified atom stereocenters. The number of aryl methyl sites for hydroxylation is 1. The molecule has 2 aliphatic heterocycles. The van der Waals surface area contributed by atoms with Crippen LogP contribution in [0.25, 0.3) is 0 Å². The number of likely N-dealkylation sites (N-methyl/N-ethyl adjacent to an activating group) is 1. The number of rotatable bonds is 9. The van der Waals surface area contributed by atoms with Crippen LogP contribution in [0.4, 0.5) is 17.5 Å². The van der Waals surface area contributed by atoms with Gasteiger partial charge < -0.3 is 20.4 Å². The van der Waals surface area contributed by atoms with E-state index >= 15 is 0 Å². The highest BCUT2D eigenvalue weighted by atomic mass is 16.2. The first-order valence-electron chi connectivity index (χ1n) is 11.5. The summed E-state index contributed by atoms with van der Waals surface area (Å²) in [5.74, 6) is 2.35. The molecule has 2 aromatic rings. The summed E-state index contributed by atoms with van der Waals surface area (Å²) in [6.07, 6.45) is 9.19. The van der Waals surface area contributed by atoms with Crippen molar-refractivity contribution in [1.29, 1.82) is 0 Å². The number of carbonyl (C=O) groups is 1. The van der Waals surface area contributed by atoms with Crippen molar-refractivity contribution in [2.24, 2.45) is 0 Å². The molecule has 2 saturated heterocycles. The first-order chi connectivity index (χ1) is 15.1. The Morgan fingerprint density at radius 3 is 2.77 bits per heavy atom. The van der Waals surface area contributed by atoms with E-state index in [1.54, 1.807) is 0 Å². The predicted octanol–water partition coefficient (Wildman–Crippen LogP) is 2.51. The highest BCUT2D eigenvalue weighted by Gasteiger charge is 2.28. The average molecular weight is 425 g/mol. The maximum Gasteiger partial charge on any atom is 0.229 e. The van der Waals surface area contributed by atoms with Gasteiger partial charge in [-0.15, -0.1) is 0 Å². The van der Waals surface area contributed by atoms with Crippen LogP contribution in [0.15, 0.2) is 12.4 Å². The third kappa shape index (κ3) is 4.51. The minimum atomic E-state index is 0.271. The zero-order valence-corrected chi connectivity index (χ0v) is 18.5. The second kappa shape index (κ2) is 8.45. The standard InChI is InChI=1S/C22H32N8O/c1-15-19(14-30(27-15)17-6-10-28(2)13-17)25-22-24-12-18(16-4-5-16)21(26-22)23-8-3-9-29-11-7-20(29)31/h12,14,16-17H,3-11,13H2,1-2H3,(H2,23,24,25,26). The van der Waals surface area contributed by atoms with Gasteiger partial charge in [-0.3, -0.25) is 9.48 Å². The van der Waals surface area contributed by atoms with E-state index in [4.69, 9.17) is 10.1 Å². The molecule has 4 heterocycles. The lowest BCUT2D eigenvalue weighted by Gasteiger charge is -2.30. The second-order valence-corrected chi connectivity index (χ2v) is 9.12. The minimum Gasteiger partial charge on any atom is -0.370 e. The maximum absolute atomic E-state index is 11.5. The van der Waals surface area contributed by atoms with Crippen molar-refractivity contribution in [3.8, 4) is 0 Å². The molecule has 0 radical (unpaired) electrons. The van der Waals surface area contributed by atoms with E-state index in [0.29, 0.717) is 24.3 Å². The summed E-state index contributed by atoms with van der Waals surface area (Å²) in [5, 5.41) is 11.6. The van der Waals surface area contributed by atoms with Crippen LogP contribution in [0, 0.1) is 6.92 Å². The van der Waals surface area contributed by atoms with Crippen LogP contribution in [-0.2, 0) is 4.79 Å². The maximum atomic E-state index is 11.5. The predicted molar refractivity (Wildman–Crippen MR) is 120 cm³/mol. The van der Waals surface area contributed by atoms with Gasteiger partial charge in [0.15, 0.2) is 0 Å². The first-order valence-corrected chi connectivity index (χ1v) is 11.5. The molecule has 31 heavy (non-hydrogen) atoms. The van der Waals surface area contributed by atoms with Gasteiger partial charge in [-0.2, -0.15) is 10.1 Å². The molecule has 0 bridgehead atoms. The zero-order chi connectivity index (χ0) is 21.4. The number of nitrogens with zero attached hydrogens (tertiary/aromatic N) is 6. The number of β-lactam (4-membered cyclic amide) rings is 1. The summed E-state index contributed by atoms with van der Waals surface area (Å²) < 4.78 is 2.08. The molecule has 1 saturated carbocycles. The van der Waals surface area contributed by atoms with E-state index in [2.05, 4.69) is 38.4 Å². The van der Waals surface area contributed by atoms with Crippen LogP contribution >= 0.6 is 0 Å². The third-order valence-electron chi connectivity index (χ3n) is 6.58. The van der Waals surface area contributed by atoms with Crippen LogP contribution < -0.4 is 10.6 Å². The first kappa shape index (κ1) is 20.2. The normalized spacial score (nSPS) is 21.4. The van der Waals surface area contributed by atoms with Crippen LogP contribution in [-0.4, -0.2) is 75.2 Å². The number of hydrogen-bond acceptors (Lipinski definition) is 7. The highest BCUT2D eigenvalue weighted by molar-refractivity contribution is 5.81. The number of likely N-dealkylation sites (tertiary alicyclic amines) is 2. The van der Waals surface area contributed by atoms with Gasteiger partial charge in [0, 0.05) is 50.6 Å². The van der Waals surface area contributed by atoms with Crippen molar-refractivity contribution in [2.45, 2.75) is 51.0 Å². The molecule has 9 nitrogen and oxygen atoms in total. The Morgan fingerprint density at radius 2 is 2.10 bits per heavy atom. The van der Waals surface area contributed by atoms with Crippen LogP contribution in [0.3, 0.4) is 0 Å². The van der Waals surface area contributed by atoms with Crippen LogP contribution in [0.1, 0.15) is 55.3 Å². The fraction of sp³-hybridized carbons (Fsp3) is 0.636. The fourth-order valence-electron chi connectivity index (χ4n) is 4.40. The quantitative estimate of drug-likeness (QED) is 0.472. The Kier molecular flexibility index (Phi) is 5.52. The summed E-state index contributed by atoms with van der Waals surface area (Å²) >= 11 is 0. The van der Waals surface area contributed by atoms with E-state index in [1.807, 2.05) is 18.0 Å². The van der Waals surface area contributed by atoms with Gasteiger partial charge in [0.1, 0.15) is 5.82 Å². The van der Waals surface area contributed by atoms with E-state index in [-0.39, 0.29) is 5.91 Å². The van der Waals surface area contributed by atoms with Crippen molar-refractivity contribution in [3.05, 3.63) is 23.7 Å². The molecule has 1 amide bonds. The molecule has 3 aliphatic rings. The average Bonchev–Trinajstić information content (AvgIpc) is 3.40. The van der Waals surface area contributed by atoms with Crippen LogP contribution in [0.2, 0.25) is 0 Å².